The van der Waals surface area contributed by atoms with E-state index in [0.717, 1.165) is 16.1 Å². The molecule has 0 saturated heterocycles. The van der Waals surface area contributed by atoms with Crippen LogP contribution in [-0.2, 0) is 21.2 Å². The van der Waals surface area contributed by atoms with Crippen molar-refractivity contribution in [3.05, 3.63) is 65.7 Å². The third-order valence-corrected chi connectivity index (χ3v) is 5.11. The molecular weight excluding hydrogens is 352 g/mol. The van der Waals surface area contributed by atoms with Gasteiger partial charge in [-0.15, -0.1) is 0 Å². The summed E-state index contributed by atoms with van der Waals surface area (Å²) in [7, 11) is -3.51. The Bertz CT molecular complexity index is 862. The first-order valence-electron chi connectivity index (χ1n) is 8.15. The van der Waals surface area contributed by atoms with E-state index in [4.69, 9.17) is 0 Å². The number of rotatable bonds is 8. The van der Waals surface area contributed by atoms with Crippen molar-refractivity contribution in [2.45, 2.75) is 13.3 Å². The zero-order valence-electron chi connectivity index (χ0n) is 14.8. The van der Waals surface area contributed by atoms with Gasteiger partial charge in [0.1, 0.15) is 0 Å². The Morgan fingerprint density at radius 1 is 1.00 bits per heavy atom. The number of hydrogen-bond acceptors (Lipinski definition) is 4. The van der Waals surface area contributed by atoms with Gasteiger partial charge in [0.2, 0.25) is 15.9 Å². The number of nitrogens with zero attached hydrogens (tertiary/aromatic N) is 1. The fourth-order valence-corrected chi connectivity index (χ4v) is 3.18. The summed E-state index contributed by atoms with van der Waals surface area (Å²) in [6.45, 7) is 1.42. The Labute approximate surface area is 153 Å². The second-order valence-electron chi connectivity index (χ2n) is 6.01. The van der Waals surface area contributed by atoms with Crippen molar-refractivity contribution in [3.63, 3.8) is 0 Å². The van der Waals surface area contributed by atoms with E-state index >= 15 is 0 Å². The van der Waals surface area contributed by atoms with Gasteiger partial charge in [0.25, 0.3) is 0 Å². The number of benzene rings is 2. The molecule has 0 radical (unpaired) electrons. The van der Waals surface area contributed by atoms with Gasteiger partial charge in [0.15, 0.2) is 5.78 Å². The lowest BCUT2D eigenvalue weighted by molar-refractivity contribution is -0.116. The standard InChI is InChI=1S/C19H22N2O4S/c1-15(22)17-8-10-18(11-9-17)20-19(23)14-21(26(2,24)25)13-12-16-6-4-3-5-7-16/h3-11H,12-14H2,1-2H3,(H,20,23). The third kappa shape index (κ3) is 6.09. The van der Waals surface area contributed by atoms with Crippen LogP contribution in [0.15, 0.2) is 54.6 Å². The van der Waals surface area contributed by atoms with E-state index in [1.165, 1.54) is 6.92 Å². The highest BCUT2D eigenvalue weighted by atomic mass is 32.2. The molecule has 0 aliphatic carbocycles. The van der Waals surface area contributed by atoms with Crippen LogP contribution in [0.3, 0.4) is 0 Å². The number of anilines is 1. The van der Waals surface area contributed by atoms with Crippen LogP contribution in [0.5, 0.6) is 0 Å². The molecule has 0 atom stereocenters. The molecule has 2 aromatic rings. The zero-order valence-corrected chi connectivity index (χ0v) is 15.6. The summed E-state index contributed by atoms with van der Waals surface area (Å²) in [5.74, 6) is -0.494. The van der Waals surface area contributed by atoms with Crippen molar-refractivity contribution in [1.29, 1.82) is 0 Å². The Balaban J connectivity index is 1.98. The number of carbonyl (C=O) groups is 2. The molecule has 0 aliphatic heterocycles. The van der Waals surface area contributed by atoms with Crippen molar-refractivity contribution in [2.75, 3.05) is 24.7 Å². The first kappa shape index (κ1) is 19.8. The van der Waals surface area contributed by atoms with E-state index in [2.05, 4.69) is 5.32 Å². The molecular formula is C19H22N2O4S. The lowest BCUT2D eigenvalue weighted by Crippen LogP contribution is -2.38. The topological polar surface area (TPSA) is 83.6 Å². The molecule has 0 aromatic heterocycles. The number of nitrogens with one attached hydrogen (secondary N) is 1. The Morgan fingerprint density at radius 2 is 1.62 bits per heavy atom. The van der Waals surface area contributed by atoms with Crippen molar-refractivity contribution in [3.8, 4) is 0 Å². The number of hydrogen-bond donors (Lipinski definition) is 1. The molecule has 6 nitrogen and oxygen atoms in total. The molecule has 2 aromatic carbocycles. The van der Waals surface area contributed by atoms with E-state index in [9.17, 15) is 18.0 Å². The lowest BCUT2D eigenvalue weighted by Gasteiger charge is -2.19. The minimum atomic E-state index is -3.51. The molecule has 0 unspecified atom stereocenters. The average Bonchev–Trinajstić information content (AvgIpc) is 2.59. The quantitative estimate of drug-likeness (QED) is 0.719. The smallest absolute Gasteiger partial charge is 0.239 e. The van der Waals surface area contributed by atoms with Gasteiger partial charge in [-0.25, -0.2) is 8.42 Å². The maximum absolute atomic E-state index is 12.2. The van der Waals surface area contributed by atoms with Crippen molar-refractivity contribution < 1.29 is 18.0 Å². The van der Waals surface area contributed by atoms with E-state index in [0.29, 0.717) is 17.7 Å². The first-order chi connectivity index (χ1) is 12.3. The Hall–Kier alpha value is -2.51. The van der Waals surface area contributed by atoms with Gasteiger partial charge in [-0.05, 0) is 43.2 Å². The number of ketones is 1. The van der Waals surface area contributed by atoms with Gasteiger partial charge < -0.3 is 5.32 Å². The molecule has 0 saturated carbocycles. The maximum Gasteiger partial charge on any atom is 0.239 e. The van der Waals surface area contributed by atoms with Gasteiger partial charge >= 0.3 is 0 Å². The fourth-order valence-electron chi connectivity index (χ4n) is 2.41. The molecule has 2 rings (SSSR count). The average molecular weight is 374 g/mol. The predicted molar refractivity (Wildman–Crippen MR) is 102 cm³/mol. The van der Waals surface area contributed by atoms with Crippen LogP contribution in [0.2, 0.25) is 0 Å². The second-order valence-corrected chi connectivity index (χ2v) is 8.00. The van der Waals surface area contributed by atoms with E-state index in [1.54, 1.807) is 24.3 Å². The monoisotopic (exact) mass is 374 g/mol. The summed E-state index contributed by atoms with van der Waals surface area (Å²) < 4.78 is 25.1. The van der Waals surface area contributed by atoms with Crippen LogP contribution in [0.25, 0.3) is 0 Å². The lowest BCUT2D eigenvalue weighted by atomic mass is 10.1. The molecule has 138 valence electrons. The second kappa shape index (κ2) is 8.73. The summed E-state index contributed by atoms with van der Waals surface area (Å²) in [6, 6.07) is 15.9. The number of Topliss-reactive ketones (excluding diaryl/α,β-unsaturated/α-hetero) is 1. The van der Waals surface area contributed by atoms with Crippen LogP contribution >= 0.6 is 0 Å². The Kier molecular flexibility index (Phi) is 6.65. The maximum atomic E-state index is 12.2. The number of carbonyl (C=O) groups excluding carboxylic acids is 2. The molecule has 1 N–H and O–H groups in total. The zero-order chi connectivity index (χ0) is 19.2. The van der Waals surface area contributed by atoms with Gasteiger partial charge in [-0.1, -0.05) is 30.3 Å². The van der Waals surface area contributed by atoms with E-state index < -0.39 is 15.9 Å². The molecule has 1 amide bonds. The highest BCUT2D eigenvalue weighted by Gasteiger charge is 2.20. The summed E-state index contributed by atoms with van der Waals surface area (Å²) in [6.07, 6.45) is 1.61. The molecule has 0 spiro atoms. The first-order valence-corrected chi connectivity index (χ1v) is 10.0. The van der Waals surface area contributed by atoms with Gasteiger partial charge in [-0.2, -0.15) is 4.31 Å². The number of amides is 1. The molecule has 26 heavy (non-hydrogen) atoms. The highest BCUT2D eigenvalue weighted by molar-refractivity contribution is 7.88. The molecule has 0 aliphatic rings. The van der Waals surface area contributed by atoms with Crippen molar-refractivity contribution in [1.82, 2.24) is 4.31 Å². The van der Waals surface area contributed by atoms with E-state index in [-0.39, 0.29) is 18.9 Å². The van der Waals surface area contributed by atoms with Gasteiger partial charge in [0.05, 0.1) is 12.8 Å². The molecule has 7 heteroatoms. The van der Waals surface area contributed by atoms with Crippen molar-refractivity contribution >= 4 is 27.4 Å². The largest absolute Gasteiger partial charge is 0.325 e. The molecule has 0 heterocycles. The summed E-state index contributed by atoms with van der Waals surface area (Å²) >= 11 is 0. The van der Waals surface area contributed by atoms with Crippen LogP contribution in [0, 0.1) is 0 Å². The van der Waals surface area contributed by atoms with Gasteiger partial charge in [0, 0.05) is 17.8 Å². The SMILES string of the molecule is CC(=O)c1ccc(NC(=O)CN(CCc2ccccc2)S(C)(=O)=O)cc1. The van der Waals surface area contributed by atoms with Crippen LogP contribution in [-0.4, -0.2) is 43.8 Å². The van der Waals surface area contributed by atoms with Gasteiger partial charge in [-0.3, -0.25) is 9.59 Å². The molecule has 0 fully saturated rings. The van der Waals surface area contributed by atoms with Crippen LogP contribution in [0.1, 0.15) is 22.8 Å². The van der Waals surface area contributed by atoms with Crippen LogP contribution < -0.4 is 5.32 Å². The third-order valence-electron chi connectivity index (χ3n) is 3.86. The van der Waals surface area contributed by atoms with Crippen LogP contribution in [0.4, 0.5) is 5.69 Å². The minimum Gasteiger partial charge on any atom is -0.325 e. The van der Waals surface area contributed by atoms with E-state index in [1.807, 2.05) is 30.3 Å². The molecule has 0 bridgehead atoms. The summed E-state index contributed by atoms with van der Waals surface area (Å²) in [5, 5.41) is 2.65. The van der Waals surface area contributed by atoms with Crippen molar-refractivity contribution in [2.24, 2.45) is 0 Å². The fraction of sp³-hybridized carbons (Fsp3) is 0.263. The normalized spacial score (nSPS) is 11.3. The Morgan fingerprint density at radius 3 is 2.15 bits per heavy atom. The highest BCUT2D eigenvalue weighted by Crippen LogP contribution is 2.11. The predicted octanol–water partition coefficient (Wildman–Crippen LogP) is 2.33. The summed E-state index contributed by atoms with van der Waals surface area (Å²) in [5.41, 5.74) is 2.06. The summed E-state index contributed by atoms with van der Waals surface area (Å²) in [4.78, 5) is 23.5. The number of sulfonamides is 1. The minimum absolute atomic E-state index is 0.0629.